The van der Waals surface area contributed by atoms with E-state index in [-0.39, 0.29) is 17.9 Å². The number of nitrogens with zero attached hydrogens (tertiary/aromatic N) is 2. The van der Waals surface area contributed by atoms with Crippen molar-refractivity contribution in [3.63, 3.8) is 0 Å². The molecule has 1 N–H and O–H groups in total. The summed E-state index contributed by atoms with van der Waals surface area (Å²) in [5.41, 5.74) is 0.110. The van der Waals surface area contributed by atoms with E-state index in [0.29, 0.717) is 12.1 Å². The first-order valence-electron chi connectivity index (χ1n) is 7.24. The predicted molar refractivity (Wildman–Crippen MR) is 83.8 cm³/mol. The minimum absolute atomic E-state index is 0.0617. The summed E-state index contributed by atoms with van der Waals surface area (Å²) < 4.78 is 27.7. The predicted octanol–water partition coefficient (Wildman–Crippen LogP) is 3.09. The van der Waals surface area contributed by atoms with Gasteiger partial charge in [0, 0.05) is 24.4 Å². The minimum Gasteiger partial charge on any atom is -0.374 e. The number of hydrogen-bond acceptors (Lipinski definition) is 4. The zero-order valence-electron chi connectivity index (χ0n) is 12.4. The van der Waals surface area contributed by atoms with E-state index in [2.05, 4.69) is 5.32 Å². The Bertz CT molecular complexity index is 775. The summed E-state index contributed by atoms with van der Waals surface area (Å²) in [6.45, 7) is 0.182. The second-order valence-electron chi connectivity index (χ2n) is 5.35. The van der Waals surface area contributed by atoms with Gasteiger partial charge in [-0.15, -0.1) is 0 Å². The highest BCUT2D eigenvalue weighted by Crippen LogP contribution is 2.29. The smallest absolute Gasteiger partial charge is 0.269 e. The van der Waals surface area contributed by atoms with Gasteiger partial charge < -0.3 is 10.2 Å². The second kappa shape index (κ2) is 6.23. The van der Waals surface area contributed by atoms with Crippen LogP contribution < -0.4 is 10.2 Å². The highest BCUT2D eigenvalue weighted by Gasteiger charge is 2.35. The minimum atomic E-state index is -0.792. The third-order valence-corrected chi connectivity index (χ3v) is 3.83. The number of anilines is 2. The third-order valence-electron chi connectivity index (χ3n) is 3.83. The summed E-state index contributed by atoms with van der Waals surface area (Å²) in [5.74, 6) is -2.03. The van der Waals surface area contributed by atoms with Crippen molar-refractivity contribution in [2.75, 3.05) is 16.8 Å². The molecule has 6 nitrogen and oxygen atoms in total. The normalized spacial score (nSPS) is 17.2. The lowest BCUT2D eigenvalue weighted by atomic mass is 10.2. The Morgan fingerprint density at radius 1 is 1.12 bits per heavy atom. The highest BCUT2D eigenvalue weighted by molar-refractivity contribution is 6.01. The molecule has 1 amide bonds. The van der Waals surface area contributed by atoms with E-state index in [4.69, 9.17) is 0 Å². The number of nitro groups is 1. The van der Waals surface area contributed by atoms with E-state index in [9.17, 15) is 23.7 Å². The number of carbonyl (C=O) groups excluding carboxylic acids is 1. The summed E-state index contributed by atoms with van der Waals surface area (Å²) in [4.78, 5) is 23.6. The number of halogens is 2. The number of nitro benzene ring substituents is 1. The van der Waals surface area contributed by atoms with Crippen molar-refractivity contribution in [3.05, 3.63) is 64.2 Å². The number of carbonyl (C=O) groups is 1. The van der Waals surface area contributed by atoms with Crippen LogP contribution in [-0.4, -0.2) is 23.4 Å². The van der Waals surface area contributed by atoms with E-state index < -0.39 is 28.5 Å². The molecule has 0 aromatic heterocycles. The molecule has 1 fully saturated rings. The maximum absolute atomic E-state index is 13.8. The molecule has 1 saturated heterocycles. The molecule has 24 heavy (non-hydrogen) atoms. The van der Waals surface area contributed by atoms with E-state index in [1.807, 2.05) is 0 Å². The molecule has 3 rings (SSSR count). The van der Waals surface area contributed by atoms with E-state index in [0.717, 1.165) is 17.0 Å². The average molecular weight is 333 g/mol. The number of non-ortho nitro benzene ring substituents is 1. The first-order valence-corrected chi connectivity index (χ1v) is 7.24. The van der Waals surface area contributed by atoms with E-state index in [1.54, 1.807) is 0 Å². The van der Waals surface area contributed by atoms with Gasteiger partial charge in [-0.25, -0.2) is 8.78 Å². The molecule has 1 aliphatic heterocycles. The van der Waals surface area contributed by atoms with Gasteiger partial charge in [0.25, 0.3) is 5.69 Å². The van der Waals surface area contributed by atoms with Gasteiger partial charge in [-0.05, 0) is 30.7 Å². The van der Waals surface area contributed by atoms with Crippen LogP contribution in [0.15, 0.2) is 42.5 Å². The van der Waals surface area contributed by atoms with Crippen molar-refractivity contribution in [2.24, 2.45) is 0 Å². The molecule has 2 aromatic rings. The third kappa shape index (κ3) is 2.90. The van der Waals surface area contributed by atoms with Gasteiger partial charge in [-0.2, -0.15) is 0 Å². The number of rotatable bonds is 4. The van der Waals surface area contributed by atoms with E-state index >= 15 is 0 Å². The van der Waals surface area contributed by atoms with Gasteiger partial charge in [0.05, 0.1) is 4.92 Å². The molecule has 1 aliphatic rings. The summed E-state index contributed by atoms with van der Waals surface area (Å²) in [7, 11) is 0. The van der Waals surface area contributed by atoms with Crippen LogP contribution >= 0.6 is 0 Å². The Morgan fingerprint density at radius 2 is 1.75 bits per heavy atom. The lowest BCUT2D eigenvalue weighted by Gasteiger charge is -2.19. The van der Waals surface area contributed by atoms with Crippen LogP contribution in [0.1, 0.15) is 6.42 Å². The van der Waals surface area contributed by atoms with Crippen molar-refractivity contribution >= 4 is 23.0 Å². The van der Waals surface area contributed by atoms with Gasteiger partial charge in [0.1, 0.15) is 23.4 Å². The fourth-order valence-corrected chi connectivity index (χ4v) is 2.66. The summed E-state index contributed by atoms with van der Waals surface area (Å²) in [6, 6.07) is 8.39. The van der Waals surface area contributed by atoms with Crippen LogP contribution in [0.2, 0.25) is 0 Å². The van der Waals surface area contributed by atoms with Crippen molar-refractivity contribution in [3.8, 4) is 0 Å². The zero-order chi connectivity index (χ0) is 17.3. The molecule has 0 aliphatic carbocycles. The molecule has 2 aromatic carbocycles. The van der Waals surface area contributed by atoms with Crippen molar-refractivity contribution in [1.29, 1.82) is 0 Å². The SMILES string of the molecule is O=C1C(Nc2ccc([N+](=O)[O-])cc2)CCN1c1c(F)cccc1F. The highest BCUT2D eigenvalue weighted by atomic mass is 19.1. The fourth-order valence-electron chi connectivity index (χ4n) is 2.66. The van der Waals surface area contributed by atoms with Gasteiger partial charge in [-0.1, -0.05) is 6.07 Å². The van der Waals surface area contributed by atoms with Crippen molar-refractivity contribution < 1.29 is 18.5 Å². The Hall–Kier alpha value is -3.03. The molecule has 0 spiro atoms. The molecular formula is C16H13F2N3O3. The van der Waals surface area contributed by atoms with Crippen LogP contribution in [0.3, 0.4) is 0 Å². The number of amides is 1. The Morgan fingerprint density at radius 3 is 2.33 bits per heavy atom. The molecule has 0 bridgehead atoms. The lowest BCUT2D eigenvalue weighted by Crippen LogP contribution is -2.34. The van der Waals surface area contributed by atoms with E-state index in [1.165, 1.54) is 30.3 Å². The summed E-state index contributed by atoms with van der Waals surface area (Å²) in [6.07, 6.45) is 0.365. The molecule has 1 atom stereocenters. The topological polar surface area (TPSA) is 75.5 Å². The van der Waals surface area contributed by atoms with Crippen LogP contribution in [0.4, 0.5) is 25.8 Å². The number of para-hydroxylation sites is 1. The lowest BCUT2D eigenvalue weighted by molar-refractivity contribution is -0.384. The Kier molecular flexibility index (Phi) is 4.11. The van der Waals surface area contributed by atoms with Crippen LogP contribution in [0.5, 0.6) is 0 Å². The van der Waals surface area contributed by atoms with Crippen LogP contribution in [-0.2, 0) is 4.79 Å². The zero-order valence-corrected chi connectivity index (χ0v) is 12.4. The maximum Gasteiger partial charge on any atom is 0.269 e. The standard InChI is InChI=1S/C16H13F2N3O3/c17-12-2-1-3-13(18)15(12)20-9-8-14(16(20)22)19-10-4-6-11(7-5-10)21(23)24/h1-7,14,19H,8-9H2. The average Bonchev–Trinajstić information content (AvgIpc) is 2.89. The molecule has 124 valence electrons. The Labute approximate surface area is 135 Å². The largest absolute Gasteiger partial charge is 0.374 e. The van der Waals surface area contributed by atoms with Gasteiger partial charge >= 0.3 is 0 Å². The first kappa shape index (κ1) is 15.9. The second-order valence-corrected chi connectivity index (χ2v) is 5.35. The van der Waals surface area contributed by atoms with Gasteiger partial charge in [0.2, 0.25) is 5.91 Å². The van der Waals surface area contributed by atoms with Crippen LogP contribution in [0.25, 0.3) is 0 Å². The van der Waals surface area contributed by atoms with Crippen molar-refractivity contribution in [2.45, 2.75) is 12.5 Å². The molecular weight excluding hydrogens is 320 g/mol. The van der Waals surface area contributed by atoms with Crippen LogP contribution in [0, 0.1) is 21.7 Å². The Balaban J connectivity index is 1.76. The van der Waals surface area contributed by atoms with Gasteiger partial charge in [-0.3, -0.25) is 14.9 Å². The van der Waals surface area contributed by atoms with Crippen molar-refractivity contribution in [1.82, 2.24) is 0 Å². The molecule has 1 unspecified atom stereocenters. The molecule has 8 heteroatoms. The van der Waals surface area contributed by atoms with Gasteiger partial charge in [0.15, 0.2) is 0 Å². The quantitative estimate of drug-likeness (QED) is 0.689. The maximum atomic E-state index is 13.8. The number of nitrogens with one attached hydrogen (secondary N) is 1. The number of benzene rings is 2. The molecule has 0 radical (unpaired) electrons. The summed E-state index contributed by atoms with van der Waals surface area (Å²) in [5, 5.41) is 13.6. The fraction of sp³-hybridized carbons (Fsp3) is 0.188. The molecule has 0 saturated carbocycles. The number of hydrogen-bond donors (Lipinski definition) is 1. The molecule has 1 heterocycles. The monoisotopic (exact) mass is 333 g/mol. The summed E-state index contributed by atoms with van der Waals surface area (Å²) >= 11 is 0. The first-order chi connectivity index (χ1) is 11.5.